The third kappa shape index (κ3) is 7.64. The molecule has 0 saturated carbocycles. The van der Waals surface area contributed by atoms with E-state index in [0.29, 0.717) is 29.6 Å². The van der Waals surface area contributed by atoms with E-state index in [-0.39, 0.29) is 24.8 Å². The number of hydrogen-bond acceptors (Lipinski definition) is 7. The summed E-state index contributed by atoms with van der Waals surface area (Å²) in [5.41, 5.74) is 6.14. The molecule has 2 heterocycles. The van der Waals surface area contributed by atoms with Gasteiger partial charge in [0.25, 0.3) is 5.22 Å². The number of nitrogens with one attached hydrogen (secondary N) is 2. The van der Waals surface area contributed by atoms with Crippen molar-refractivity contribution in [2.75, 3.05) is 17.6 Å². The van der Waals surface area contributed by atoms with Gasteiger partial charge < -0.3 is 29.6 Å². The molecule has 0 aliphatic carbocycles. The van der Waals surface area contributed by atoms with E-state index >= 15 is 0 Å². The third-order valence-electron chi connectivity index (χ3n) is 7.48. The number of amides is 2. The van der Waals surface area contributed by atoms with Crippen LogP contribution in [0.5, 0.6) is 0 Å². The zero-order valence-corrected chi connectivity index (χ0v) is 25.7. The number of aliphatic hydroxyl groups is 1. The Labute approximate surface area is 266 Å². The molecule has 4 aromatic carbocycles. The molecule has 3 atom stereocenters. The van der Waals surface area contributed by atoms with Crippen LogP contribution in [-0.4, -0.2) is 34.5 Å². The Balaban J connectivity index is 1.22. The molecule has 2 amide bonds. The van der Waals surface area contributed by atoms with Crippen molar-refractivity contribution >= 4 is 23.5 Å². The second-order valence-corrected chi connectivity index (χ2v) is 11.6. The minimum atomic E-state index is -0.616. The van der Waals surface area contributed by atoms with Gasteiger partial charge in [-0.25, -0.2) is 9.78 Å². The van der Waals surface area contributed by atoms with Crippen molar-refractivity contribution in [3.05, 3.63) is 126 Å². The van der Waals surface area contributed by atoms with Crippen LogP contribution in [0, 0.1) is 0 Å². The van der Waals surface area contributed by atoms with E-state index in [9.17, 15) is 9.90 Å². The minimum Gasteiger partial charge on any atom is -0.431 e. The van der Waals surface area contributed by atoms with Gasteiger partial charge in [0.2, 0.25) is 0 Å². The van der Waals surface area contributed by atoms with Gasteiger partial charge in [0.05, 0.1) is 18.8 Å². The van der Waals surface area contributed by atoms with Crippen molar-refractivity contribution in [2.24, 2.45) is 0 Å². The van der Waals surface area contributed by atoms with Crippen molar-refractivity contribution in [3.63, 3.8) is 0 Å². The lowest BCUT2D eigenvalue weighted by molar-refractivity contribution is -0.245. The lowest BCUT2D eigenvalue weighted by Gasteiger charge is -2.36. The van der Waals surface area contributed by atoms with Gasteiger partial charge in [-0.3, -0.25) is 0 Å². The molecule has 3 N–H and O–H groups in total. The van der Waals surface area contributed by atoms with E-state index in [4.69, 9.17) is 18.9 Å². The first kappa shape index (κ1) is 30.6. The first-order valence-electron chi connectivity index (χ1n) is 15.0. The van der Waals surface area contributed by atoms with Gasteiger partial charge in [-0.2, -0.15) is 0 Å². The fourth-order valence-electron chi connectivity index (χ4n) is 5.19. The first-order chi connectivity index (χ1) is 22.1. The summed E-state index contributed by atoms with van der Waals surface area (Å²) in [6.07, 6.45) is -0.373. The van der Waals surface area contributed by atoms with Crippen LogP contribution in [0.25, 0.3) is 22.6 Å². The summed E-state index contributed by atoms with van der Waals surface area (Å²) in [4.78, 5) is 16.9. The number of rotatable bonds is 10. The second kappa shape index (κ2) is 14.6. The summed E-state index contributed by atoms with van der Waals surface area (Å²) in [6, 6.07) is 35.1. The first-order valence-corrected chi connectivity index (χ1v) is 16.0. The highest BCUT2D eigenvalue weighted by Gasteiger charge is 2.33. The molecule has 5 aromatic rings. The molecule has 230 valence electrons. The number of urea groups is 1. The van der Waals surface area contributed by atoms with Crippen LogP contribution in [0.15, 0.2) is 119 Å². The molecule has 8 nitrogen and oxygen atoms in total. The SMILES string of the molecule is CCNC(=O)Nc1ccc([C@H]2O[C@@H](CSc3nc(-c4ccccc4)c(-c4ccccc4)o3)C[C@@H](c3ccc(CO)cc3)O2)cc1. The quantitative estimate of drug-likeness (QED) is 0.136. The molecule has 0 unspecified atom stereocenters. The molecule has 45 heavy (non-hydrogen) atoms. The van der Waals surface area contributed by atoms with E-state index in [1.54, 1.807) is 0 Å². The molecule has 0 radical (unpaired) electrons. The summed E-state index contributed by atoms with van der Waals surface area (Å²) in [6.45, 7) is 2.40. The molecule has 0 bridgehead atoms. The smallest absolute Gasteiger partial charge is 0.319 e. The van der Waals surface area contributed by atoms with Gasteiger partial charge in [-0.1, -0.05) is 109 Å². The highest BCUT2D eigenvalue weighted by Crippen LogP contribution is 2.41. The van der Waals surface area contributed by atoms with Crippen molar-refractivity contribution in [2.45, 2.75) is 43.7 Å². The number of carbonyl (C=O) groups excluding carboxylic acids is 1. The Hall–Kier alpha value is -4.41. The highest BCUT2D eigenvalue weighted by molar-refractivity contribution is 7.99. The molecular weight excluding hydrogens is 586 g/mol. The Bertz CT molecular complexity index is 1620. The minimum absolute atomic E-state index is 0.0143. The lowest BCUT2D eigenvalue weighted by atomic mass is 10.0. The summed E-state index contributed by atoms with van der Waals surface area (Å²) < 4.78 is 19.3. The monoisotopic (exact) mass is 621 g/mol. The number of hydrogen-bond donors (Lipinski definition) is 3. The summed E-state index contributed by atoms with van der Waals surface area (Å²) in [7, 11) is 0. The van der Waals surface area contributed by atoms with Gasteiger partial charge in [-0.15, -0.1) is 0 Å². The number of ether oxygens (including phenoxy) is 2. The Morgan fingerprint density at radius 3 is 2.20 bits per heavy atom. The largest absolute Gasteiger partial charge is 0.431 e. The average molecular weight is 622 g/mol. The van der Waals surface area contributed by atoms with Crippen molar-refractivity contribution in [1.82, 2.24) is 10.3 Å². The van der Waals surface area contributed by atoms with Crippen molar-refractivity contribution < 1.29 is 23.8 Å². The van der Waals surface area contributed by atoms with E-state index in [0.717, 1.165) is 39.3 Å². The number of aromatic nitrogens is 1. The predicted molar refractivity (Wildman–Crippen MR) is 176 cm³/mol. The van der Waals surface area contributed by atoms with E-state index in [2.05, 4.69) is 10.6 Å². The Morgan fingerprint density at radius 1 is 0.867 bits per heavy atom. The maximum atomic E-state index is 12.0. The van der Waals surface area contributed by atoms with E-state index < -0.39 is 6.29 Å². The maximum Gasteiger partial charge on any atom is 0.319 e. The van der Waals surface area contributed by atoms with Crippen LogP contribution in [0.3, 0.4) is 0 Å². The van der Waals surface area contributed by atoms with Crippen LogP contribution >= 0.6 is 11.8 Å². The molecule has 1 saturated heterocycles. The third-order valence-corrected chi connectivity index (χ3v) is 8.44. The van der Waals surface area contributed by atoms with Crippen LogP contribution in [0.1, 0.15) is 42.4 Å². The summed E-state index contributed by atoms with van der Waals surface area (Å²) in [5.74, 6) is 1.34. The number of benzene rings is 4. The molecule has 1 aliphatic heterocycles. The fraction of sp³-hybridized carbons (Fsp3) is 0.222. The van der Waals surface area contributed by atoms with Gasteiger partial charge in [0.1, 0.15) is 5.69 Å². The maximum absolute atomic E-state index is 12.0. The van der Waals surface area contributed by atoms with Crippen LogP contribution in [0.2, 0.25) is 0 Å². The Morgan fingerprint density at radius 2 is 1.53 bits per heavy atom. The summed E-state index contributed by atoms with van der Waals surface area (Å²) in [5, 5.41) is 15.7. The molecule has 6 rings (SSSR count). The van der Waals surface area contributed by atoms with Crippen molar-refractivity contribution in [3.8, 4) is 22.6 Å². The van der Waals surface area contributed by atoms with Crippen LogP contribution < -0.4 is 10.6 Å². The zero-order valence-electron chi connectivity index (χ0n) is 24.9. The number of carbonyl (C=O) groups is 1. The van der Waals surface area contributed by atoms with Gasteiger partial charge >= 0.3 is 6.03 Å². The number of anilines is 1. The molecule has 1 aliphatic rings. The topological polar surface area (TPSA) is 106 Å². The second-order valence-electron chi connectivity index (χ2n) is 10.7. The highest BCUT2D eigenvalue weighted by atomic mass is 32.2. The molecule has 9 heteroatoms. The van der Waals surface area contributed by atoms with E-state index in [1.165, 1.54) is 11.8 Å². The molecular formula is C36H35N3O5S. The van der Waals surface area contributed by atoms with Crippen LogP contribution in [0.4, 0.5) is 10.5 Å². The normalized spacial score (nSPS) is 18.0. The van der Waals surface area contributed by atoms with E-state index in [1.807, 2.05) is 116 Å². The average Bonchev–Trinajstić information content (AvgIpc) is 3.53. The number of oxazole rings is 1. The zero-order chi connectivity index (χ0) is 31.0. The molecule has 1 fully saturated rings. The van der Waals surface area contributed by atoms with Crippen molar-refractivity contribution in [1.29, 1.82) is 0 Å². The summed E-state index contributed by atoms with van der Waals surface area (Å²) >= 11 is 1.52. The van der Waals surface area contributed by atoms with Gasteiger partial charge in [0.15, 0.2) is 12.1 Å². The van der Waals surface area contributed by atoms with Gasteiger partial charge in [-0.05, 0) is 30.2 Å². The number of aliphatic hydroxyl groups excluding tert-OH is 1. The fourth-order valence-corrected chi connectivity index (χ4v) is 6.03. The van der Waals surface area contributed by atoms with Gasteiger partial charge in [0, 0.05) is 41.1 Å². The molecule has 0 spiro atoms. The number of nitrogens with zero attached hydrogens (tertiary/aromatic N) is 1. The Kier molecular flexibility index (Phi) is 9.92. The number of thioether (sulfide) groups is 1. The standard InChI is InChI=1S/C36H35N3O5S/c1-2-37-35(41)38-29-19-17-28(18-20-29)34-42-30(21-31(43-34)25-15-13-24(22-40)14-16-25)23-45-36-39-32(26-9-5-3-6-10-26)33(44-36)27-11-7-4-8-12-27/h3-20,30-31,34,40H,2,21-23H2,1H3,(H2,37,38,41)/t30-,31+,34+/m1/s1. The lowest BCUT2D eigenvalue weighted by Crippen LogP contribution is -2.31. The van der Waals surface area contributed by atoms with Crippen LogP contribution in [-0.2, 0) is 16.1 Å². The predicted octanol–water partition coefficient (Wildman–Crippen LogP) is 7.98. The molecule has 1 aromatic heterocycles.